The molecule has 0 unspecified atom stereocenters. The van der Waals surface area contributed by atoms with Crippen molar-refractivity contribution < 1.29 is 17.9 Å². The third kappa shape index (κ3) is 6.37. The molecule has 0 radical (unpaired) electrons. The van der Waals surface area contributed by atoms with Crippen LogP contribution in [0.5, 0.6) is 0 Å². The zero-order chi connectivity index (χ0) is 22.1. The van der Waals surface area contributed by atoms with Crippen LogP contribution in [-0.2, 0) is 14.8 Å². The molecule has 6 nitrogen and oxygen atoms in total. The Morgan fingerprint density at radius 2 is 1.35 bits per heavy atom. The molecule has 3 rings (SSSR count). The molecule has 158 valence electrons. The molecule has 0 aliphatic carbocycles. The van der Waals surface area contributed by atoms with E-state index in [0.29, 0.717) is 11.1 Å². The largest absolute Gasteiger partial charge is 0.473 e. The highest BCUT2D eigenvalue weighted by Crippen LogP contribution is 2.18. The van der Waals surface area contributed by atoms with Crippen molar-refractivity contribution >= 4 is 38.0 Å². The van der Waals surface area contributed by atoms with Crippen LogP contribution in [0.2, 0.25) is 0 Å². The third-order valence-corrected chi connectivity index (χ3v) is 6.02. The Kier molecular flexibility index (Phi) is 7.75. The van der Waals surface area contributed by atoms with E-state index in [1.165, 1.54) is 12.1 Å². The van der Waals surface area contributed by atoms with Gasteiger partial charge in [-0.1, -0.05) is 78.9 Å². The lowest BCUT2D eigenvalue weighted by Gasteiger charge is -2.08. The Balaban J connectivity index is 2.03. The monoisotopic (exact) mass is 452 g/mol. The van der Waals surface area contributed by atoms with Crippen LogP contribution in [-0.4, -0.2) is 31.2 Å². The number of nitrogens with zero attached hydrogens (tertiary/aromatic N) is 2. The van der Waals surface area contributed by atoms with Crippen molar-refractivity contribution in [3.05, 3.63) is 102 Å². The number of ether oxygens (including phenoxy) is 1. The SMILES string of the molecule is CCOC(=N/C(=N\S(=O)(=O)c1ccccc1)c1ccccc1)SC(=O)c1ccccc1. The van der Waals surface area contributed by atoms with E-state index < -0.39 is 10.0 Å². The minimum absolute atomic E-state index is 0.0159. The van der Waals surface area contributed by atoms with E-state index in [-0.39, 0.29) is 27.7 Å². The van der Waals surface area contributed by atoms with Crippen LogP contribution in [0.25, 0.3) is 0 Å². The van der Waals surface area contributed by atoms with Gasteiger partial charge in [0, 0.05) is 22.9 Å². The lowest BCUT2D eigenvalue weighted by Crippen LogP contribution is -2.11. The second-order valence-corrected chi connectivity index (χ2v) is 8.66. The quantitative estimate of drug-likeness (QED) is 0.410. The van der Waals surface area contributed by atoms with Gasteiger partial charge in [-0.25, -0.2) is 0 Å². The first kappa shape index (κ1) is 22.5. The summed E-state index contributed by atoms with van der Waals surface area (Å²) in [5.41, 5.74) is 0.960. The molecule has 0 N–H and O–H groups in total. The number of rotatable bonds is 5. The molecular weight excluding hydrogens is 432 g/mol. The number of amidine groups is 1. The fraction of sp³-hybridized carbons (Fsp3) is 0.0870. The molecule has 3 aromatic rings. The van der Waals surface area contributed by atoms with Gasteiger partial charge in [-0.15, -0.1) is 4.40 Å². The van der Waals surface area contributed by atoms with E-state index >= 15 is 0 Å². The lowest BCUT2D eigenvalue weighted by molar-refractivity contribution is 0.108. The van der Waals surface area contributed by atoms with Crippen LogP contribution < -0.4 is 0 Å². The van der Waals surface area contributed by atoms with Crippen LogP contribution in [0.4, 0.5) is 0 Å². The summed E-state index contributed by atoms with van der Waals surface area (Å²) in [5.74, 6) is -0.0683. The number of thioether (sulfide) groups is 1. The lowest BCUT2D eigenvalue weighted by atomic mass is 10.2. The van der Waals surface area contributed by atoms with Crippen molar-refractivity contribution in [3.63, 3.8) is 0 Å². The number of hydrogen-bond donors (Lipinski definition) is 0. The Hall–Kier alpha value is -3.23. The van der Waals surface area contributed by atoms with Crippen LogP contribution in [0.15, 0.2) is 105 Å². The van der Waals surface area contributed by atoms with Crippen LogP contribution in [0.1, 0.15) is 22.8 Å². The summed E-state index contributed by atoms with van der Waals surface area (Å²) in [6.07, 6.45) is 0. The molecule has 0 heterocycles. The molecule has 0 amide bonds. The van der Waals surface area contributed by atoms with Gasteiger partial charge in [-0.05, 0) is 19.1 Å². The molecule has 8 heteroatoms. The molecule has 0 saturated carbocycles. The van der Waals surface area contributed by atoms with E-state index in [1.54, 1.807) is 79.7 Å². The second kappa shape index (κ2) is 10.7. The molecule has 0 spiro atoms. The Bertz CT molecular complexity index is 1180. The van der Waals surface area contributed by atoms with E-state index in [0.717, 1.165) is 11.8 Å². The number of benzene rings is 3. The average molecular weight is 453 g/mol. The second-order valence-electron chi connectivity index (χ2n) is 6.14. The van der Waals surface area contributed by atoms with Gasteiger partial charge < -0.3 is 4.74 Å². The fourth-order valence-corrected chi connectivity index (χ4v) is 4.19. The van der Waals surface area contributed by atoms with Crippen LogP contribution in [0, 0.1) is 0 Å². The molecule has 0 atom stereocenters. The van der Waals surface area contributed by atoms with Crippen molar-refractivity contribution in [1.29, 1.82) is 0 Å². The topological polar surface area (TPSA) is 85.2 Å². The van der Waals surface area contributed by atoms with Gasteiger partial charge in [-0.3, -0.25) is 4.79 Å². The maximum atomic E-state index is 12.8. The summed E-state index contributed by atoms with van der Waals surface area (Å²) in [5, 5.41) is -0.256. The van der Waals surface area contributed by atoms with Gasteiger partial charge in [0.15, 0.2) is 5.84 Å². The highest BCUT2D eigenvalue weighted by Gasteiger charge is 2.18. The summed E-state index contributed by atoms with van der Waals surface area (Å²) in [6.45, 7) is 2.00. The molecule has 0 aliphatic rings. The van der Waals surface area contributed by atoms with Gasteiger partial charge in [0.25, 0.3) is 15.3 Å². The molecular formula is C23H20N2O4S2. The Labute approximate surface area is 185 Å². The number of carbonyl (C=O) groups is 1. The van der Waals surface area contributed by atoms with Crippen molar-refractivity contribution in [2.24, 2.45) is 9.39 Å². The zero-order valence-corrected chi connectivity index (χ0v) is 18.3. The van der Waals surface area contributed by atoms with Crippen molar-refractivity contribution in [1.82, 2.24) is 0 Å². The first-order valence-electron chi connectivity index (χ1n) is 9.44. The Morgan fingerprint density at radius 3 is 1.90 bits per heavy atom. The fourth-order valence-electron chi connectivity index (χ4n) is 2.49. The molecule has 31 heavy (non-hydrogen) atoms. The van der Waals surface area contributed by atoms with Gasteiger partial charge >= 0.3 is 0 Å². The minimum atomic E-state index is -4.02. The van der Waals surface area contributed by atoms with E-state index in [4.69, 9.17) is 4.74 Å². The summed E-state index contributed by atoms with van der Waals surface area (Å²) in [7, 11) is -4.02. The standard InChI is InChI=1S/C23H20N2O4S2/c1-2-29-23(30-22(26)19-14-8-4-9-15-19)24-21(18-12-6-3-7-13-18)25-31(27,28)20-16-10-5-11-17-20/h3-17H,2H2,1H3/b24-23?,25-21-. The van der Waals surface area contributed by atoms with E-state index in [2.05, 4.69) is 9.39 Å². The number of hydrogen-bond acceptors (Lipinski definition) is 5. The highest BCUT2D eigenvalue weighted by molar-refractivity contribution is 8.26. The molecule has 0 saturated heterocycles. The molecule has 0 aromatic heterocycles. The van der Waals surface area contributed by atoms with E-state index in [1.807, 2.05) is 6.07 Å². The van der Waals surface area contributed by atoms with Crippen molar-refractivity contribution in [2.75, 3.05) is 6.61 Å². The molecule has 0 aliphatic heterocycles. The maximum absolute atomic E-state index is 12.8. The predicted octanol–water partition coefficient (Wildman–Crippen LogP) is 4.79. The van der Waals surface area contributed by atoms with Crippen LogP contribution in [0.3, 0.4) is 0 Å². The van der Waals surface area contributed by atoms with Gasteiger partial charge in [0.1, 0.15) is 0 Å². The van der Waals surface area contributed by atoms with Crippen LogP contribution >= 0.6 is 11.8 Å². The third-order valence-electron chi connectivity index (χ3n) is 3.93. The first-order valence-corrected chi connectivity index (χ1v) is 11.7. The molecule has 3 aromatic carbocycles. The van der Waals surface area contributed by atoms with Crippen molar-refractivity contribution in [2.45, 2.75) is 11.8 Å². The van der Waals surface area contributed by atoms with Gasteiger partial charge in [0.2, 0.25) is 5.12 Å². The number of aliphatic imine (C=N–C) groups is 1. The Morgan fingerprint density at radius 1 is 0.839 bits per heavy atom. The smallest absolute Gasteiger partial charge is 0.284 e. The summed E-state index contributed by atoms with van der Waals surface area (Å²) >= 11 is 0.780. The predicted molar refractivity (Wildman–Crippen MR) is 124 cm³/mol. The normalized spacial score (nSPS) is 12.4. The minimum Gasteiger partial charge on any atom is -0.473 e. The van der Waals surface area contributed by atoms with E-state index in [9.17, 15) is 13.2 Å². The molecule has 0 fully saturated rings. The van der Waals surface area contributed by atoms with Gasteiger partial charge in [0.05, 0.1) is 11.5 Å². The van der Waals surface area contributed by atoms with Gasteiger partial charge in [-0.2, -0.15) is 13.4 Å². The van der Waals surface area contributed by atoms with Crippen molar-refractivity contribution in [3.8, 4) is 0 Å². The summed E-state index contributed by atoms with van der Waals surface area (Å²) in [6, 6.07) is 25.3. The average Bonchev–Trinajstić information content (AvgIpc) is 2.80. The zero-order valence-electron chi connectivity index (χ0n) is 16.7. The highest BCUT2D eigenvalue weighted by atomic mass is 32.2. The first-order chi connectivity index (χ1) is 15.0. The molecule has 0 bridgehead atoms. The number of sulfonamides is 1. The summed E-state index contributed by atoms with van der Waals surface area (Å²) in [4.78, 5) is 17.0. The summed E-state index contributed by atoms with van der Waals surface area (Å²) < 4.78 is 35.1. The number of carbonyl (C=O) groups excluding carboxylic acids is 1. The maximum Gasteiger partial charge on any atom is 0.284 e.